The SMILES string of the molecule is CCCc1cc(Br)c(-c2sccc2C)c(C#N)c1. The van der Waals surface area contributed by atoms with Gasteiger partial charge in [0.25, 0.3) is 0 Å². The molecule has 0 N–H and O–H groups in total. The van der Waals surface area contributed by atoms with Gasteiger partial charge >= 0.3 is 0 Å². The lowest BCUT2D eigenvalue weighted by Crippen LogP contribution is -1.91. The van der Waals surface area contributed by atoms with Crippen molar-refractivity contribution in [1.82, 2.24) is 0 Å². The highest BCUT2D eigenvalue weighted by Gasteiger charge is 2.14. The number of halogens is 1. The van der Waals surface area contributed by atoms with Crippen LogP contribution in [0.25, 0.3) is 10.4 Å². The summed E-state index contributed by atoms with van der Waals surface area (Å²) >= 11 is 5.30. The van der Waals surface area contributed by atoms with Crippen molar-refractivity contribution in [3.8, 4) is 16.5 Å². The first-order chi connectivity index (χ1) is 8.67. The predicted octanol–water partition coefficient (Wildman–Crippen LogP) is 5.31. The highest BCUT2D eigenvalue weighted by molar-refractivity contribution is 9.10. The molecule has 0 atom stereocenters. The largest absolute Gasteiger partial charge is 0.192 e. The summed E-state index contributed by atoms with van der Waals surface area (Å²) in [5, 5.41) is 11.4. The molecule has 0 saturated heterocycles. The molecule has 0 aliphatic carbocycles. The molecule has 0 radical (unpaired) electrons. The van der Waals surface area contributed by atoms with E-state index in [9.17, 15) is 5.26 Å². The fourth-order valence-electron chi connectivity index (χ4n) is 2.04. The van der Waals surface area contributed by atoms with Gasteiger partial charge in [0.2, 0.25) is 0 Å². The second kappa shape index (κ2) is 5.69. The summed E-state index contributed by atoms with van der Waals surface area (Å²) in [4.78, 5) is 1.18. The fourth-order valence-corrected chi connectivity index (χ4v) is 3.88. The van der Waals surface area contributed by atoms with Gasteiger partial charge in [-0.3, -0.25) is 0 Å². The first kappa shape index (κ1) is 13.3. The van der Waals surface area contributed by atoms with Crippen molar-refractivity contribution in [2.45, 2.75) is 26.7 Å². The molecule has 1 aromatic heterocycles. The van der Waals surface area contributed by atoms with E-state index in [2.05, 4.69) is 53.4 Å². The van der Waals surface area contributed by atoms with Crippen LogP contribution in [0.15, 0.2) is 28.1 Å². The molecule has 0 saturated carbocycles. The third kappa shape index (κ3) is 2.50. The summed E-state index contributed by atoms with van der Waals surface area (Å²) < 4.78 is 1.02. The molecule has 0 amide bonds. The Bertz CT molecular complexity index is 607. The van der Waals surface area contributed by atoms with Crippen LogP contribution in [0, 0.1) is 18.3 Å². The minimum absolute atomic E-state index is 0.762. The summed E-state index contributed by atoms with van der Waals surface area (Å²) in [6.07, 6.45) is 2.10. The van der Waals surface area contributed by atoms with Gasteiger partial charge in [0, 0.05) is 14.9 Å². The summed E-state index contributed by atoms with van der Waals surface area (Å²) in [7, 11) is 0. The number of aryl methyl sites for hydroxylation is 2. The zero-order valence-electron chi connectivity index (χ0n) is 10.5. The summed E-state index contributed by atoms with van der Waals surface area (Å²) in [5.74, 6) is 0. The Morgan fingerprint density at radius 3 is 2.72 bits per heavy atom. The van der Waals surface area contributed by atoms with Crippen LogP contribution in [0.2, 0.25) is 0 Å². The predicted molar refractivity (Wildman–Crippen MR) is 80.9 cm³/mol. The maximum Gasteiger partial charge on any atom is 0.0999 e. The normalized spacial score (nSPS) is 10.3. The van der Waals surface area contributed by atoms with Crippen LogP contribution in [-0.2, 0) is 6.42 Å². The second-order valence-corrected chi connectivity index (χ2v) is 6.07. The number of thiophene rings is 1. The van der Waals surface area contributed by atoms with Gasteiger partial charge in [-0.25, -0.2) is 0 Å². The Labute approximate surface area is 120 Å². The van der Waals surface area contributed by atoms with Crippen molar-refractivity contribution in [2.75, 3.05) is 0 Å². The summed E-state index contributed by atoms with van der Waals surface area (Å²) in [5.41, 5.74) is 4.24. The van der Waals surface area contributed by atoms with E-state index in [1.165, 1.54) is 16.0 Å². The zero-order chi connectivity index (χ0) is 13.1. The first-order valence-electron chi connectivity index (χ1n) is 5.94. The van der Waals surface area contributed by atoms with Crippen molar-refractivity contribution < 1.29 is 0 Å². The van der Waals surface area contributed by atoms with E-state index in [4.69, 9.17) is 0 Å². The monoisotopic (exact) mass is 319 g/mol. The molecule has 0 bridgehead atoms. The minimum Gasteiger partial charge on any atom is -0.192 e. The average molecular weight is 320 g/mol. The number of hydrogen-bond donors (Lipinski definition) is 0. The molecule has 1 heterocycles. The molecular formula is C15H14BrNS. The van der Waals surface area contributed by atoms with Gasteiger partial charge in [-0.05, 0) is 48.1 Å². The van der Waals surface area contributed by atoms with Crippen LogP contribution in [-0.4, -0.2) is 0 Å². The van der Waals surface area contributed by atoms with E-state index in [1.807, 2.05) is 6.07 Å². The summed E-state index contributed by atoms with van der Waals surface area (Å²) in [6.45, 7) is 4.23. The number of hydrogen-bond acceptors (Lipinski definition) is 2. The third-order valence-corrected chi connectivity index (χ3v) is 4.56. The lowest BCUT2D eigenvalue weighted by Gasteiger charge is -2.09. The quantitative estimate of drug-likeness (QED) is 0.752. The second-order valence-electron chi connectivity index (χ2n) is 4.29. The lowest BCUT2D eigenvalue weighted by molar-refractivity contribution is 0.920. The van der Waals surface area contributed by atoms with Gasteiger partial charge in [0.05, 0.1) is 11.6 Å². The van der Waals surface area contributed by atoms with E-state index in [0.29, 0.717) is 0 Å². The van der Waals surface area contributed by atoms with Gasteiger partial charge in [-0.15, -0.1) is 11.3 Å². The van der Waals surface area contributed by atoms with Crippen LogP contribution in [0.4, 0.5) is 0 Å². The topological polar surface area (TPSA) is 23.8 Å². The molecule has 3 heteroatoms. The highest BCUT2D eigenvalue weighted by atomic mass is 79.9. The number of rotatable bonds is 3. The maximum absolute atomic E-state index is 9.36. The third-order valence-electron chi connectivity index (χ3n) is 2.90. The molecule has 0 aliphatic heterocycles. The molecule has 0 fully saturated rings. The minimum atomic E-state index is 0.762. The zero-order valence-corrected chi connectivity index (χ0v) is 12.9. The van der Waals surface area contributed by atoms with E-state index in [0.717, 1.165) is 28.4 Å². The van der Waals surface area contributed by atoms with Gasteiger partial charge in [0.15, 0.2) is 0 Å². The molecule has 1 nitrogen and oxygen atoms in total. The van der Waals surface area contributed by atoms with Crippen molar-refractivity contribution in [3.63, 3.8) is 0 Å². The van der Waals surface area contributed by atoms with Crippen molar-refractivity contribution in [2.24, 2.45) is 0 Å². The molecule has 1 aromatic carbocycles. The Hall–Kier alpha value is -1.11. The highest BCUT2D eigenvalue weighted by Crippen LogP contribution is 2.38. The van der Waals surface area contributed by atoms with Crippen LogP contribution in [0.5, 0.6) is 0 Å². The summed E-state index contributed by atoms with van der Waals surface area (Å²) in [6, 6.07) is 8.57. The molecule has 18 heavy (non-hydrogen) atoms. The van der Waals surface area contributed by atoms with Gasteiger partial charge in [0.1, 0.15) is 0 Å². The van der Waals surface area contributed by atoms with Crippen molar-refractivity contribution in [1.29, 1.82) is 5.26 Å². The molecule has 0 spiro atoms. The maximum atomic E-state index is 9.36. The van der Waals surface area contributed by atoms with Crippen LogP contribution in [0.3, 0.4) is 0 Å². The number of nitrogens with zero attached hydrogens (tertiary/aromatic N) is 1. The molecular weight excluding hydrogens is 306 g/mol. The van der Waals surface area contributed by atoms with E-state index in [1.54, 1.807) is 11.3 Å². The Balaban J connectivity index is 2.62. The van der Waals surface area contributed by atoms with Gasteiger partial charge in [-0.2, -0.15) is 5.26 Å². The Morgan fingerprint density at radius 2 is 2.17 bits per heavy atom. The van der Waals surface area contributed by atoms with E-state index >= 15 is 0 Å². The molecule has 0 aliphatic rings. The van der Waals surface area contributed by atoms with Crippen molar-refractivity contribution in [3.05, 3.63) is 44.7 Å². The smallest absolute Gasteiger partial charge is 0.0999 e. The van der Waals surface area contributed by atoms with Crippen LogP contribution in [0.1, 0.15) is 30.0 Å². The number of nitriles is 1. The lowest BCUT2D eigenvalue weighted by atomic mass is 10.00. The molecule has 2 rings (SSSR count). The standard InChI is InChI=1S/C15H14BrNS/c1-3-4-11-7-12(9-17)14(13(16)8-11)15-10(2)5-6-18-15/h5-8H,3-4H2,1-2H3. The molecule has 92 valence electrons. The van der Waals surface area contributed by atoms with Crippen molar-refractivity contribution >= 4 is 27.3 Å². The van der Waals surface area contributed by atoms with Gasteiger partial charge < -0.3 is 0 Å². The fraction of sp³-hybridized carbons (Fsp3) is 0.267. The van der Waals surface area contributed by atoms with E-state index < -0.39 is 0 Å². The van der Waals surface area contributed by atoms with E-state index in [-0.39, 0.29) is 0 Å². The average Bonchev–Trinajstić information content (AvgIpc) is 2.75. The molecule has 0 unspecified atom stereocenters. The van der Waals surface area contributed by atoms with Gasteiger partial charge in [-0.1, -0.05) is 29.3 Å². The van der Waals surface area contributed by atoms with Crippen LogP contribution >= 0.6 is 27.3 Å². The Morgan fingerprint density at radius 1 is 1.39 bits per heavy atom. The van der Waals surface area contributed by atoms with Crippen LogP contribution < -0.4 is 0 Å². The first-order valence-corrected chi connectivity index (χ1v) is 7.61. The molecule has 2 aromatic rings. The Kier molecular flexibility index (Phi) is 4.21. The number of benzene rings is 1.